The smallest absolute Gasteiger partial charge is 0.238 e. The van der Waals surface area contributed by atoms with E-state index < -0.39 is 0 Å². The molecular formula is C22H29N3O3. The molecule has 1 atom stereocenters. The van der Waals surface area contributed by atoms with E-state index in [0.29, 0.717) is 18.0 Å². The van der Waals surface area contributed by atoms with Gasteiger partial charge in [-0.15, -0.1) is 0 Å². The van der Waals surface area contributed by atoms with Crippen LogP contribution in [0.15, 0.2) is 54.6 Å². The molecule has 0 saturated carbocycles. The van der Waals surface area contributed by atoms with E-state index in [1.807, 2.05) is 61.2 Å². The molecule has 2 amide bonds. The van der Waals surface area contributed by atoms with Gasteiger partial charge in [0.1, 0.15) is 5.75 Å². The molecule has 0 aromatic heterocycles. The lowest BCUT2D eigenvalue weighted by molar-refractivity contribution is -0.133. The number of nitrogens with one attached hydrogen (secondary N) is 1. The van der Waals surface area contributed by atoms with Crippen LogP contribution in [0.3, 0.4) is 0 Å². The van der Waals surface area contributed by atoms with Crippen molar-refractivity contribution in [2.24, 2.45) is 0 Å². The Bertz CT molecular complexity index is 780. The average Bonchev–Trinajstić information content (AvgIpc) is 2.73. The van der Waals surface area contributed by atoms with Gasteiger partial charge < -0.3 is 15.0 Å². The minimum absolute atomic E-state index is 0.0247. The van der Waals surface area contributed by atoms with Gasteiger partial charge in [-0.05, 0) is 31.2 Å². The van der Waals surface area contributed by atoms with Gasteiger partial charge in [-0.25, -0.2) is 0 Å². The lowest BCUT2D eigenvalue weighted by atomic mass is 10.1. The number of hydrogen-bond acceptors (Lipinski definition) is 4. The van der Waals surface area contributed by atoms with Crippen LogP contribution in [0.25, 0.3) is 0 Å². The van der Waals surface area contributed by atoms with Gasteiger partial charge in [-0.1, -0.05) is 49.4 Å². The summed E-state index contributed by atoms with van der Waals surface area (Å²) in [6.45, 7) is 4.85. The molecule has 0 fully saturated rings. The maximum atomic E-state index is 12.7. The average molecular weight is 383 g/mol. The maximum Gasteiger partial charge on any atom is 0.238 e. The highest BCUT2D eigenvalue weighted by Gasteiger charge is 2.20. The highest BCUT2D eigenvalue weighted by atomic mass is 16.5. The third-order valence-corrected chi connectivity index (χ3v) is 4.81. The summed E-state index contributed by atoms with van der Waals surface area (Å²) in [7, 11) is 3.36. The second kappa shape index (κ2) is 10.5. The lowest BCUT2D eigenvalue weighted by Gasteiger charge is -2.28. The summed E-state index contributed by atoms with van der Waals surface area (Å²) in [5, 5.41) is 2.85. The standard InChI is InChI=1S/C22H29N3O3/c1-5-25(15-21(26)23-19-13-9-10-14-20(19)28-4)16-22(27)24(3)17(2)18-11-7-6-8-12-18/h6-14,17H,5,15-16H2,1-4H3,(H,23,26)/t17-/m1/s1. The number of amides is 2. The molecule has 0 aliphatic heterocycles. The summed E-state index contributed by atoms with van der Waals surface area (Å²) in [5.74, 6) is 0.396. The van der Waals surface area contributed by atoms with Crippen LogP contribution in [0.5, 0.6) is 5.75 Å². The van der Waals surface area contributed by atoms with Crippen molar-refractivity contribution in [2.45, 2.75) is 19.9 Å². The highest BCUT2D eigenvalue weighted by Crippen LogP contribution is 2.23. The summed E-state index contributed by atoms with van der Waals surface area (Å²) < 4.78 is 5.25. The molecule has 0 spiro atoms. The van der Waals surface area contributed by atoms with Crippen LogP contribution >= 0.6 is 0 Å². The quantitative estimate of drug-likeness (QED) is 0.722. The molecule has 2 rings (SSSR count). The van der Waals surface area contributed by atoms with Crippen molar-refractivity contribution in [1.82, 2.24) is 9.80 Å². The number of hydrogen-bond donors (Lipinski definition) is 1. The first kappa shape index (κ1) is 21.4. The first-order chi connectivity index (χ1) is 13.5. The van der Waals surface area contributed by atoms with Gasteiger partial charge in [0.05, 0.1) is 31.9 Å². The fourth-order valence-electron chi connectivity index (χ4n) is 2.89. The van der Waals surface area contributed by atoms with Gasteiger partial charge in [0, 0.05) is 7.05 Å². The van der Waals surface area contributed by atoms with Crippen molar-refractivity contribution < 1.29 is 14.3 Å². The van der Waals surface area contributed by atoms with E-state index in [1.165, 1.54) is 0 Å². The SMILES string of the molecule is CCN(CC(=O)Nc1ccccc1OC)CC(=O)N(C)[C@H](C)c1ccccc1. The third-order valence-electron chi connectivity index (χ3n) is 4.81. The van der Waals surface area contributed by atoms with E-state index in [4.69, 9.17) is 4.74 Å². The summed E-state index contributed by atoms with van der Waals surface area (Å²) in [5.41, 5.74) is 1.70. The fourth-order valence-corrected chi connectivity index (χ4v) is 2.89. The van der Waals surface area contributed by atoms with Crippen molar-refractivity contribution in [3.05, 3.63) is 60.2 Å². The number of carbonyl (C=O) groups is 2. The highest BCUT2D eigenvalue weighted by molar-refractivity contribution is 5.94. The summed E-state index contributed by atoms with van der Waals surface area (Å²) in [4.78, 5) is 28.7. The van der Waals surface area contributed by atoms with E-state index in [2.05, 4.69) is 5.32 Å². The number of methoxy groups -OCH3 is 1. The predicted molar refractivity (Wildman–Crippen MR) is 111 cm³/mol. The minimum atomic E-state index is -0.182. The van der Waals surface area contributed by atoms with Crippen molar-refractivity contribution >= 4 is 17.5 Å². The van der Waals surface area contributed by atoms with E-state index >= 15 is 0 Å². The second-order valence-electron chi connectivity index (χ2n) is 6.64. The normalized spacial score (nSPS) is 11.8. The van der Waals surface area contributed by atoms with Crippen molar-refractivity contribution in [3.63, 3.8) is 0 Å². The Balaban J connectivity index is 1.93. The monoisotopic (exact) mass is 383 g/mol. The molecule has 0 aliphatic rings. The number of likely N-dealkylation sites (N-methyl/N-ethyl adjacent to an activating group) is 2. The Hall–Kier alpha value is -2.86. The first-order valence-corrected chi connectivity index (χ1v) is 9.42. The molecule has 28 heavy (non-hydrogen) atoms. The predicted octanol–water partition coefficient (Wildman–Crippen LogP) is 3.18. The van der Waals surface area contributed by atoms with Crippen LogP contribution < -0.4 is 10.1 Å². The van der Waals surface area contributed by atoms with E-state index in [1.54, 1.807) is 31.2 Å². The molecule has 6 nitrogen and oxygen atoms in total. The molecule has 0 saturated heterocycles. The maximum absolute atomic E-state index is 12.7. The molecule has 6 heteroatoms. The fraction of sp³-hybridized carbons (Fsp3) is 0.364. The van der Waals surface area contributed by atoms with Gasteiger partial charge in [-0.3, -0.25) is 14.5 Å². The Morgan fingerprint density at radius 2 is 1.68 bits per heavy atom. The van der Waals surface area contributed by atoms with Crippen LogP contribution in [0.2, 0.25) is 0 Å². The lowest BCUT2D eigenvalue weighted by Crippen LogP contribution is -2.42. The zero-order chi connectivity index (χ0) is 20.5. The van der Waals surface area contributed by atoms with Gasteiger partial charge in [0.25, 0.3) is 0 Å². The number of benzene rings is 2. The number of ether oxygens (including phenoxy) is 1. The van der Waals surface area contributed by atoms with Crippen LogP contribution in [0.4, 0.5) is 5.69 Å². The van der Waals surface area contributed by atoms with Crippen LogP contribution in [0.1, 0.15) is 25.5 Å². The molecule has 0 bridgehead atoms. The molecule has 0 heterocycles. The number of anilines is 1. The minimum Gasteiger partial charge on any atom is -0.495 e. The number of rotatable bonds is 9. The van der Waals surface area contributed by atoms with Crippen LogP contribution in [-0.4, -0.2) is 55.4 Å². The number of carbonyl (C=O) groups excluding carboxylic acids is 2. The molecule has 1 N–H and O–H groups in total. The van der Waals surface area contributed by atoms with Crippen molar-refractivity contribution in [3.8, 4) is 5.75 Å². The first-order valence-electron chi connectivity index (χ1n) is 9.42. The molecule has 0 aliphatic carbocycles. The molecule has 0 radical (unpaired) electrons. The summed E-state index contributed by atoms with van der Waals surface area (Å²) in [6, 6.07) is 17.1. The van der Waals surface area contributed by atoms with Crippen molar-refractivity contribution in [2.75, 3.05) is 39.1 Å². The molecular weight excluding hydrogens is 354 g/mol. The van der Waals surface area contributed by atoms with E-state index in [9.17, 15) is 9.59 Å². The number of nitrogens with zero attached hydrogens (tertiary/aromatic N) is 2. The zero-order valence-corrected chi connectivity index (χ0v) is 17.0. The second-order valence-corrected chi connectivity index (χ2v) is 6.64. The Morgan fingerprint density at radius 3 is 2.32 bits per heavy atom. The van der Waals surface area contributed by atoms with Crippen molar-refractivity contribution in [1.29, 1.82) is 0 Å². The molecule has 0 unspecified atom stereocenters. The molecule has 2 aromatic carbocycles. The Labute approximate surface area is 167 Å². The van der Waals surface area contributed by atoms with Gasteiger partial charge in [0.2, 0.25) is 11.8 Å². The van der Waals surface area contributed by atoms with E-state index in [-0.39, 0.29) is 30.9 Å². The Morgan fingerprint density at radius 1 is 1.04 bits per heavy atom. The van der Waals surface area contributed by atoms with Crippen LogP contribution in [-0.2, 0) is 9.59 Å². The number of para-hydroxylation sites is 2. The molecule has 2 aromatic rings. The van der Waals surface area contributed by atoms with Crippen LogP contribution in [0, 0.1) is 0 Å². The summed E-state index contributed by atoms with van der Waals surface area (Å²) in [6.07, 6.45) is 0. The topological polar surface area (TPSA) is 61.9 Å². The zero-order valence-electron chi connectivity index (χ0n) is 17.0. The van der Waals surface area contributed by atoms with Gasteiger partial charge in [0.15, 0.2) is 0 Å². The largest absolute Gasteiger partial charge is 0.495 e. The Kier molecular flexibility index (Phi) is 8.02. The summed E-state index contributed by atoms with van der Waals surface area (Å²) >= 11 is 0. The van der Waals surface area contributed by atoms with Gasteiger partial charge >= 0.3 is 0 Å². The van der Waals surface area contributed by atoms with Gasteiger partial charge in [-0.2, -0.15) is 0 Å². The van der Waals surface area contributed by atoms with E-state index in [0.717, 1.165) is 5.56 Å². The molecule has 150 valence electrons. The third kappa shape index (κ3) is 5.82.